The average molecular weight is 296 g/mol. The van der Waals surface area contributed by atoms with Crippen LogP contribution in [0.3, 0.4) is 0 Å². The molecule has 1 aromatic carbocycles. The third kappa shape index (κ3) is 3.86. The van der Waals surface area contributed by atoms with Gasteiger partial charge >= 0.3 is 0 Å². The summed E-state index contributed by atoms with van der Waals surface area (Å²) in [6, 6.07) is 3.03. The lowest BCUT2D eigenvalue weighted by Crippen LogP contribution is -2.40. The van der Waals surface area contributed by atoms with E-state index in [1.54, 1.807) is 19.3 Å². The second kappa shape index (κ2) is 6.78. The molecule has 0 bridgehead atoms. The molecular formula is C15H18F2N2O2. The van der Waals surface area contributed by atoms with Gasteiger partial charge in [0, 0.05) is 31.8 Å². The Balaban J connectivity index is 2.00. The maximum atomic E-state index is 13.5. The first-order chi connectivity index (χ1) is 10.0. The highest BCUT2D eigenvalue weighted by atomic mass is 19.1. The summed E-state index contributed by atoms with van der Waals surface area (Å²) in [4.78, 5) is 13.3. The molecule has 1 heterocycles. The lowest BCUT2D eigenvalue weighted by Gasteiger charge is -2.19. The van der Waals surface area contributed by atoms with Crippen molar-refractivity contribution in [3.8, 4) is 0 Å². The van der Waals surface area contributed by atoms with Crippen LogP contribution in [-0.4, -0.2) is 43.2 Å². The van der Waals surface area contributed by atoms with Crippen molar-refractivity contribution < 1.29 is 18.3 Å². The van der Waals surface area contributed by atoms with Gasteiger partial charge in [-0.25, -0.2) is 8.78 Å². The number of nitrogens with two attached hydrogens (primary N) is 1. The van der Waals surface area contributed by atoms with E-state index in [0.717, 1.165) is 6.07 Å². The topological polar surface area (TPSA) is 55.6 Å². The number of carbonyl (C=O) groups excluding carboxylic acids is 1. The molecule has 4 nitrogen and oxygen atoms in total. The average Bonchev–Trinajstić information content (AvgIpc) is 2.85. The van der Waals surface area contributed by atoms with Crippen molar-refractivity contribution >= 4 is 12.0 Å². The van der Waals surface area contributed by atoms with Gasteiger partial charge in [0.2, 0.25) is 5.91 Å². The lowest BCUT2D eigenvalue weighted by molar-refractivity contribution is -0.122. The molecule has 0 spiro atoms. The Kier molecular flexibility index (Phi) is 5.03. The Morgan fingerprint density at radius 3 is 2.90 bits per heavy atom. The second-order valence-corrected chi connectivity index (χ2v) is 5.03. The Morgan fingerprint density at radius 2 is 2.29 bits per heavy atom. The summed E-state index contributed by atoms with van der Waals surface area (Å²) < 4.78 is 31.5. The van der Waals surface area contributed by atoms with Gasteiger partial charge in [0.1, 0.15) is 11.6 Å². The molecule has 21 heavy (non-hydrogen) atoms. The molecule has 2 atom stereocenters. The number of rotatable bonds is 5. The van der Waals surface area contributed by atoms with Crippen molar-refractivity contribution in [3.63, 3.8) is 0 Å². The van der Waals surface area contributed by atoms with Crippen molar-refractivity contribution in [3.05, 3.63) is 41.5 Å². The summed E-state index contributed by atoms with van der Waals surface area (Å²) in [6.45, 7) is 1.05. The quantitative estimate of drug-likeness (QED) is 0.897. The molecule has 1 saturated heterocycles. The summed E-state index contributed by atoms with van der Waals surface area (Å²) in [5.74, 6) is -1.62. The van der Waals surface area contributed by atoms with Crippen molar-refractivity contribution in [1.29, 1.82) is 0 Å². The number of hydrogen-bond acceptors (Lipinski definition) is 3. The van der Waals surface area contributed by atoms with Crippen LogP contribution in [0.25, 0.3) is 6.08 Å². The minimum Gasteiger partial charge on any atom is -0.380 e. The molecule has 1 aliphatic heterocycles. The number of ether oxygens (including phenoxy) is 1. The van der Waals surface area contributed by atoms with E-state index in [1.807, 2.05) is 4.90 Å². The molecule has 2 rings (SSSR count). The number of amides is 1. The van der Waals surface area contributed by atoms with Crippen molar-refractivity contribution in [2.45, 2.75) is 18.6 Å². The van der Waals surface area contributed by atoms with E-state index in [4.69, 9.17) is 10.5 Å². The molecule has 114 valence electrons. The number of likely N-dealkylation sites (tertiary alicyclic amines) is 1. The van der Waals surface area contributed by atoms with Gasteiger partial charge in [-0.1, -0.05) is 12.2 Å². The number of hydrogen-bond donors (Lipinski definition) is 1. The van der Waals surface area contributed by atoms with Crippen LogP contribution < -0.4 is 5.73 Å². The van der Waals surface area contributed by atoms with Crippen LogP contribution in [0.4, 0.5) is 8.78 Å². The third-order valence-corrected chi connectivity index (χ3v) is 3.63. The number of halogens is 2. The molecule has 1 aliphatic rings. The van der Waals surface area contributed by atoms with Gasteiger partial charge in [-0.3, -0.25) is 9.69 Å². The predicted molar refractivity (Wildman–Crippen MR) is 75.4 cm³/mol. The van der Waals surface area contributed by atoms with Crippen LogP contribution in [0.2, 0.25) is 0 Å². The summed E-state index contributed by atoms with van der Waals surface area (Å²) in [5, 5.41) is 0. The summed E-state index contributed by atoms with van der Waals surface area (Å²) >= 11 is 0. The smallest absolute Gasteiger partial charge is 0.234 e. The highest BCUT2D eigenvalue weighted by Crippen LogP contribution is 2.20. The minimum atomic E-state index is -0.617. The monoisotopic (exact) mass is 296 g/mol. The van der Waals surface area contributed by atoms with Gasteiger partial charge in [0.25, 0.3) is 0 Å². The molecule has 1 aromatic rings. The van der Waals surface area contributed by atoms with Gasteiger partial charge in [-0.05, 0) is 18.6 Å². The van der Waals surface area contributed by atoms with E-state index in [-0.39, 0.29) is 12.1 Å². The lowest BCUT2D eigenvalue weighted by atomic mass is 10.2. The molecule has 0 aliphatic carbocycles. The van der Waals surface area contributed by atoms with Crippen molar-refractivity contribution in [2.24, 2.45) is 5.73 Å². The van der Waals surface area contributed by atoms with Gasteiger partial charge in [-0.2, -0.15) is 0 Å². The van der Waals surface area contributed by atoms with E-state index < -0.39 is 17.5 Å². The number of nitrogens with zero attached hydrogens (tertiary/aromatic N) is 1. The first kappa shape index (κ1) is 15.6. The zero-order valence-corrected chi connectivity index (χ0v) is 11.8. The molecule has 0 unspecified atom stereocenters. The van der Waals surface area contributed by atoms with Crippen LogP contribution in [0, 0.1) is 11.6 Å². The van der Waals surface area contributed by atoms with Crippen LogP contribution in [0.5, 0.6) is 0 Å². The summed E-state index contributed by atoms with van der Waals surface area (Å²) in [6.07, 6.45) is 3.82. The number of methoxy groups -OCH3 is 1. The SMILES string of the molecule is CO[C@H]1C[C@@H](C(N)=O)N(C/C=C/c2ccc(F)cc2F)C1. The normalized spacial score (nSPS) is 23.0. The molecule has 1 amide bonds. The fourth-order valence-electron chi connectivity index (χ4n) is 2.48. The Labute approximate surface area is 122 Å². The van der Waals surface area contributed by atoms with Gasteiger partial charge in [-0.15, -0.1) is 0 Å². The number of carbonyl (C=O) groups is 1. The molecule has 1 fully saturated rings. The van der Waals surface area contributed by atoms with E-state index in [2.05, 4.69) is 0 Å². The standard InChI is InChI=1S/C15H18F2N2O2/c1-21-12-8-14(15(18)20)19(9-12)6-2-3-10-4-5-11(16)7-13(10)17/h2-5,7,12,14H,6,8-9H2,1H3,(H2,18,20)/b3-2+/t12-,14-/m0/s1. The zero-order valence-electron chi connectivity index (χ0n) is 11.8. The third-order valence-electron chi connectivity index (χ3n) is 3.63. The second-order valence-electron chi connectivity index (χ2n) is 5.03. The van der Waals surface area contributed by atoms with Gasteiger partial charge in [0.05, 0.1) is 12.1 Å². The van der Waals surface area contributed by atoms with Crippen LogP contribution in [0.15, 0.2) is 24.3 Å². The van der Waals surface area contributed by atoms with Crippen LogP contribution in [0.1, 0.15) is 12.0 Å². The van der Waals surface area contributed by atoms with Gasteiger partial charge in [0.15, 0.2) is 0 Å². The number of primary amides is 1. The maximum absolute atomic E-state index is 13.5. The van der Waals surface area contributed by atoms with E-state index in [1.165, 1.54) is 12.1 Å². The first-order valence-electron chi connectivity index (χ1n) is 6.69. The molecule has 0 aromatic heterocycles. The highest BCUT2D eigenvalue weighted by Gasteiger charge is 2.34. The van der Waals surface area contributed by atoms with Crippen LogP contribution in [-0.2, 0) is 9.53 Å². The number of benzene rings is 1. The Morgan fingerprint density at radius 1 is 1.52 bits per heavy atom. The van der Waals surface area contributed by atoms with E-state index >= 15 is 0 Å². The predicted octanol–water partition coefficient (Wildman–Crippen LogP) is 1.55. The largest absolute Gasteiger partial charge is 0.380 e. The summed E-state index contributed by atoms with van der Waals surface area (Å²) in [5.41, 5.74) is 5.67. The fourth-order valence-corrected chi connectivity index (χ4v) is 2.48. The Bertz CT molecular complexity index is 548. The van der Waals surface area contributed by atoms with Crippen LogP contribution >= 0.6 is 0 Å². The molecular weight excluding hydrogens is 278 g/mol. The molecule has 6 heteroatoms. The summed E-state index contributed by atoms with van der Waals surface area (Å²) in [7, 11) is 1.59. The van der Waals surface area contributed by atoms with Gasteiger partial charge < -0.3 is 10.5 Å². The molecule has 2 N–H and O–H groups in total. The molecule has 0 radical (unpaired) electrons. The zero-order chi connectivity index (χ0) is 15.4. The van der Waals surface area contributed by atoms with E-state index in [9.17, 15) is 13.6 Å². The fraction of sp³-hybridized carbons (Fsp3) is 0.400. The maximum Gasteiger partial charge on any atom is 0.234 e. The van der Waals surface area contributed by atoms with Crippen molar-refractivity contribution in [1.82, 2.24) is 4.90 Å². The van der Waals surface area contributed by atoms with Crippen molar-refractivity contribution in [2.75, 3.05) is 20.2 Å². The van der Waals surface area contributed by atoms with E-state index in [0.29, 0.717) is 25.1 Å². The minimum absolute atomic E-state index is 0.0292. The first-order valence-corrected chi connectivity index (χ1v) is 6.69. The highest BCUT2D eigenvalue weighted by molar-refractivity contribution is 5.80. The Hall–Kier alpha value is -1.79. The molecule has 0 saturated carbocycles.